The molecule has 0 saturated carbocycles. The van der Waals surface area contributed by atoms with Crippen LogP contribution in [0.15, 0.2) is 67.1 Å². The van der Waals surface area contributed by atoms with E-state index in [-0.39, 0.29) is 18.4 Å². The zero-order valence-corrected chi connectivity index (χ0v) is 17.1. The Hall–Kier alpha value is -4.27. The van der Waals surface area contributed by atoms with Gasteiger partial charge in [0, 0.05) is 36.6 Å². The number of anilines is 1. The minimum Gasteiger partial charge on any atom is -0.355 e. The standard InChI is InChI=1S/C22H21N7O2/c1-15-11-20(29(27-15)19-9-5-6-10-24-19)26-21(30)14-28-13-16(12-25-28)17-7-3-4-8-18(17)22(31)23-2/h3-13H,14H2,1-2H3,(H,23,31)(H,26,30). The molecular weight excluding hydrogens is 394 g/mol. The lowest BCUT2D eigenvalue weighted by molar-refractivity contribution is -0.116. The van der Waals surface area contributed by atoms with E-state index in [0.717, 1.165) is 16.8 Å². The highest BCUT2D eigenvalue weighted by Crippen LogP contribution is 2.23. The number of hydrogen-bond acceptors (Lipinski definition) is 5. The van der Waals surface area contributed by atoms with Gasteiger partial charge in [-0.15, -0.1) is 0 Å². The number of amides is 2. The summed E-state index contributed by atoms with van der Waals surface area (Å²) in [5.74, 6) is 0.696. The monoisotopic (exact) mass is 415 g/mol. The minimum atomic E-state index is -0.258. The first-order valence-electron chi connectivity index (χ1n) is 9.67. The van der Waals surface area contributed by atoms with Crippen LogP contribution in [0, 0.1) is 6.92 Å². The maximum atomic E-state index is 12.6. The summed E-state index contributed by atoms with van der Waals surface area (Å²) in [6, 6.07) is 14.5. The number of carbonyl (C=O) groups is 2. The number of pyridine rings is 1. The van der Waals surface area contributed by atoms with Gasteiger partial charge in [0.15, 0.2) is 5.82 Å². The van der Waals surface area contributed by atoms with Gasteiger partial charge in [0.05, 0.1) is 11.9 Å². The normalized spacial score (nSPS) is 10.6. The smallest absolute Gasteiger partial charge is 0.251 e. The van der Waals surface area contributed by atoms with Crippen LogP contribution in [-0.2, 0) is 11.3 Å². The summed E-state index contributed by atoms with van der Waals surface area (Å²) in [4.78, 5) is 29.1. The highest BCUT2D eigenvalue weighted by atomic mass is 16.2. The highest BCUT2D eigenvalue weighted by Gasteiger charge is 2.15. The van der Waals surface area contributed by atoms with Crippen molar-refractivity contribution in [1.82, 2.24) is 29.9 Å². The predicted molar refractivity (Wildman–Crippen MR) is 116 cm³/mol. The van der Waals surface area contributed by atoms with Crippen LogP contribution < -0.4 is 10.6 Å². The van der Waals surface area contributed by atoms with E-state index in [1.807, 2.05) is 37.3 Å². The fourth-order valence-corrected chi connectivity index (χ4v) is 3.23. The predicted octanol–water partition coefficient (Wildman–Crippen LogP) is 2.44. The van der Waals surface area contributed by atoms with Crippen LogP contribution in [0.3, 0.4) is 0 Å². The second-order valence-electron chi connectivity index (χ2n) is 6.87. The summed E-state index contributed by atoms with van der Waals surface area (Å²) in [6.07, 6.45) is 5.04. The molecule has 2 amide bonds. The van der Waals surface area contributed by atoms with Crippen LogP contribution >= 0.6 is 0 Å². The van der Waals surface area contributed by atoms with Crippen LogP contribution in [0.2, 0.25) is 0 Å². The number of benzene rings is 1. The first-order valence-corrected chi connectivity index (χ1v) is 9.67. The molecule has 0 atom stereocenters. The molecule has 0 aliphatic rings. The van der Waals surface area contributed by atoms with Gasteiger partial charge in [-0.2, -0.15) is 14.9 Å². The number of aromatic nitrogens is 5. The lowest BCUT2D eigenvalue weighted by atomic mass is 10.0. The first kappa shape index (κ1) is 20.0. The maximum absolute atomic E-state index is 12.6. The van der Waals surface area contributed by atoms with Gasteiger partial charge >= 0.3 is 0 Å². The maximum Gasteiger partial charge on any atom is 0.251 e. The van der Waals surface area contributed by atoms with E-state index in [2.05, 4.69) is 25.8 Å². The molecule has 9 heteroatoms. The minimum absolute atomic E-state index is 0.00852. The van der Waals surface area contributed by atoms with E-state index in [9.17, 15) is 9.59 Å². The van der Waals surface area contributed by atoms with Gasteiger partial charge in [-0.3, -0.25) is 14.3 Å². The van der Waals surface area contributed by atoms with Gasteiger partial charge in [0.1, 0.15) is 12.4 Å². The van der Waals surface area contributed by atoms with Crippen molar-refractivity contribution in [1.29, 1.82) is 0 Å². The molecule has 2 N–H and O–H groups in total. The van der Waals surface area contributed by atoms with Crippen molar-refractivity contribution in [3.8, 4) is 16.9 Å². The summed E-state index contributed by atoms with van der Waals surface area (Å²) >= 11 is 0. The number of aryl methyl sites for hydroxylation is 1. The highest BCUT2D eigenvalue weighted by molar-refractivity contribution is 6.00. The number of nitrogens with zero attached hydrogens (tertiary/aromatic N) is 5. The van der Waals surface area contributed by atoms with Crippen molar-refractivity contribution < 1.29 is 9.59 Å². The van der Waals surface area contributed by atoms with Crippen molar-refractivity contribution in [2.75, 3.05) is 12.4 Å². The fraction of sp³-hybridized carbons (Fsp3) is 0.136. The van der Waals surface area contributed by atoms with Crippen molar-refractivity contribution in [2.24, 2.45) is 0 Å². The summed E-state index contributed by atoms with van der Waals surface area (Å²) in [7, 11) is 1.59. The van der Waals surface area contributed by atoms with Crippen LogP contribution in [-0.4, -0.2) is 43.4 Å². The molecule has 9 nitrogen and oxygen atoms in total. The van der Waals surface area contributed by atoms with E-state index in [0.29, 0.717) is 17.2 Å². The van der Waals surface area contributed by atoms with Gasteiger partial charge in [-0.1, -0.05) is 24.3 Å². The van der Waals surface area contributed by atoms with Crippen LogP contribution in [0.5, 0.6) is 0 Å². The van der Waals surface area contributed by atoms with E-state index >= 15 is 0 Å². The summed E-state index contributed by atoms with van der Waals surface area (Å²) in [5, 5.41) is 14.2. The van der Waals surface area contributed by atoms with E-state index in [1.54, 1.807) is 48.5 Å². The molecule has 0 radical (unpaired) electrons. The molecule has 0 bridgehead atoms. The van der Waals surface area contributed by atoms with Crippen molar-refractivity contribution in [3.05, 3.63) is 78.4 Å². The van der Waals surface area contributed by atoms with E-state index in [1.165, 1.54) is 4.68 Å². The number of hydrogen-bond donors (Lipinski definition) is 2. The molecule has 0 spiro atoms. The van der Waals surface area contributed by atoms with Gasteiger partial charge in [0.25, 0.3) is 5.91 Å². The molecule has 0 aliphatic carbocycles. The SMILES string of the molecule is CNC(=O)c1ccccc1-c1cnn(CC(=O)Nc2cc(C)nn2-c2ccccn2)c1. The number of rotatable bonds is 6. The molecule has 1 aromatic carbocycles. The number of nitrogens with one attached hydrogen (secondary N) is 2. The Morgan fingerprint density at radius 2 is 1.90 bits per heavy atom. The Balaban J connectivity index is 1.51. The molecule has 4 rings (SSSR count). The van der Waals surface area contributed by atoms with Crippen LogP contribution in [0.25, 0.3) is 16.9 Å². The first-order chi connectivity index (χ1) is 15.0. The molecular formula is C22H21N7O2. The topological polar surface area (TPSA) is 107 Å². The van der Waals surface area contributed by atoms with E-state index in [4.69, 9.17) is 0 Å². The van der Waals surface area contributed by atoms with Gasteiger partial charge in [0.2, 0.25) is 5.91 Å². The third-order valence-corrected chi connectivity index (χ3v) is 4.61. The van der Waals surface area contributed by atoms with E-state index < -0.39 is 0 Å². The van der Waals surface area contributed by atoms with Gasteiger partial charge in [-0.05, 0) is 30.7 Å². The molecule has 3 heterocycles. The van der Waals surface area contributed by atoms with Gasteiger partial charge in [-0.25, -0.2) is 4.98 Å². The Morgan fingerprint density at radius 1 is 1.10 bits per heavy atom. The summed E-state index contributed by atoms with van der Waals surface area (Å²) in [6.45, 7) is 1.85. The van der Waals surface area contributed by atoms with Crippen molar-refractivity contribution >= 4 is 17.6 Å². The fourth-order valence-electron chi connectivity index (χ4n) is 3.23. The van der Waals surface area contributed by atoms with Crippen LogP contribution in [0.1, 0.15) is 16.1 Å². The van der Waals surface area contributed by atoms with Crippen LogP contribution in [0.4, 0.5) is 5.82 Å². The second kappa shape index (κ2) is 8.62. The quantitative estimate of drug-likeness (QED) is 0.503. The Morgan fingerprint density at radius 3 is 2.68 bits per heavy atom. The average Bonchev–Trinajstić information content (AvgIpc) is 3.40. The summed E-state index contributed by atoms with van der Waals surface area (Å²) in [5.41, 5.74) is 2.80. The zero-order chi connectivity index (χ0) is 21.8. The lowest BCUT2D eigenvalue weighted by Gasteiger charge is -2.08. The molecule has 0 aliphatic heterocycles. The average molecular weight is 415 g/mol. The zero-order valence-electron chi connectivity index (χ0n) is 17.1. The summed E-state index contributed by atoms with van der Waals surface area (Å²) < 4.78 is 3.11. The van der Waals surface area contributed by atoms with Crippen molar-refractivity contribution in [2.45, 2.75) is 13.5 Å². The molecule has 0 saturated heterocycles. The Kier molecular flexibility index (Phi) is 5.57. The van der Waals surface area contributed by atoms with Gasteiger partial charge < -0.3 is 10.6 Å². The molecule has 0 unspecified atom stereocenters. The molecule has 4 aromatic rings. The third-order valence-electron chi connectivity index (χ3n) is 4.61. The number of carbonyl (C=O) groups excluding carboxylic acids is 2. The molecule has 3 aromatic heterocycles. The molecule has 0 fully saturated rings. The third kappa shape index (κ3) is 4.35. The van der Waals surface area contributed by atoms with Crippen molar-refractivity contribution in [3.63, 3.8) is 0 Å². The molecule has 156 valence electrons. The molecule has 31 heavy (non-hydrogen) atoms. The Labute approximate surface area is 178 Å². The Bertz CT molecular complexity index is 1230. The second-order valence-corrected chi connectivity index (χ2v) is 6.87. The lowest BCUT2D eigenvalue weighted by Crippen LogP contribution is -2.21. The largest absolute Gasteiger partial charge is 0.355 e.